The van der Waals surface area contributed by atoms with Crippen LogP contribution in [0.1, 0.15) is 28.2 Å². The SMILES string of the molecule is Cc1cccc(C[C@@H](NC(=O)C(c2ccccc2)c2ccccc2)C(=O)O)c1. The van der Waals surface area contributed by atoms with E-state index in [4.69, 9.17) is 0 Å². The van der Waals surface area contributed by atoms with Gasteiger partial charge in [0.2, 0.25) is 5.91 Å². The average molecular weight is 373 g/mol. The maximum atomic E-state index is 13.1. The van der Waals surface area contributed by atoms with Crippen LogP contribution in [0.25, 0.3) is 0 Å². The van der Waals surface area contributed by atoms with Crippen molar-refractivity contribution >= 4 is 11.9 Å². The van der Waals surface area contributed by atoms with Crippen molar-refractivity contribution in [3.05, 3.63) is 107 Å². The first-order valence-corrected chi connectivity index (χ1v) is 9.23. The molecule has 3 aromatic carbocycles. The van der Waals surface area contributed by atoms with Crippen LogP contribution in [0.2, 0.25) is 0 Å². The summed E-state index contributed by atoms with van der Waals surface area (Å²) in [6.07, 6.45) is 0.235. The molecule has 0 bridgehead atoms. The Kier molecular flexibility index (Phi) is 6.22. The zero-order valence-electron chi connectivity index (χ0n) is 15.7. The number of hydrogen-bond donors (Lipinski definition) is 2. The second-order valence-corrected chi connectivity index (χ2v) is 6.85. The summed E-state index contributed by atoms with van der Waals surface area (Å²) in [6.45, 7) is 1.96. The highest BCUT2D eigenvalue weighted by molar-refractivity contribution is 5.90. The van der Waals surface area contributed by atoms with Crippen LogP contribution in [0.3, 0.4) is 0 Å². The number of benzene rings is 3. The number of carbonyl (C=O) groups excluding carboxylic acids is 1. The lowest BCUT2D eigenvalue weighted by atomic mass is 9.90. The number of rotatable bonds is 7. The molecule has 1 amide bonds. The molecule has 0 spiro atoms. The van der Waals surface area contributed by atoms with E-state index in [-0.39, 0.29) is 12.3 Å². The zero-order valence-corrected chi connectivity index (χ0v) is 15.7. The number of carbonyl (C=O) groups is 2. The Hall–Kier alpha value is -3.40. The molecule has 2 N–H and O–H groups in total. The largest absolute Gasteiger partial charge is 0.480 e. The molecule has 0 radical (unpaired) electrons. The molecule has 1 atom stereocenters. The van der Waals surface area contributed by atoms with Crippen molar-refractivity contribution in [2.75, 3.05) is 0 Å². The van der Waals surface area contributed by atoms with Gasteiger partial charge in [0, 0.05) is 6.42 Å². The van der Waals surface area contributed by atoms with Gasteiger partial charge in [0.1, 0.15) is 6.04 Å². The Morgan fingerprint density at radius 1 is 0.857 bits per heavy atom. The molecule has 3 aromatic rings. The third kappa shape index (κ3) is 4.86. The summed E-state index contributed by atoms with van der Waals surface area (Å²) < 4.78 is 0. The van der Waals surface area contributed by atoms with E-state index in [1.54, 1.807) is 0 Å². The van der Waals surface area contributed by atoms with Crippen LogP contribution in [-0.2, 0) is 16.0 Å². The first kappa shape index (κ1) is 19.4. The smallest absolute Gasteiger partial charge is 0.326 e. The highest BCUT2D eigenvalue weighted by Crippen LogP contribution is 2.25. The zero-order chi connectivity index (χ0) is 19.9. The predicted octanol–water partition coefficient (Wildman–Crippen LogP) is 3.94. The monoisotopic (exact) mass is 373 g/mol. The van der Waals surface area contributed by atoms with Crippen molar-refractivity contribution in [3.8, 4) is 0 Å². The van der Waals surface area contributed by atoms with Crippen LogP contribution in [-0.4, -0.2) is 23.0 Å². The Morgan fingerprint density at radius 2 is 1.43 bits per heavy atom. The van der Waals surface area contributed by atoms with Crippen molar-refractivity contribution < 1.29 is 14.7 Å². The van der Waals surface area contributed by atoms with Gasteiger partial charge < -0.3 is 10.4 Å². The molecule has 142 valence electrons. The van der Waals surface area contributed by atoms with Gasteiger partial charge in [-0.2, -0.15) is 0 Å². The summed E-state index contributed by atoms with van der Waals surface area (Å²) in [5.41, 5.74) is 3.58. The molecule has 0 unspecified atom stereocenters. The summed E-state index contributed by atoms with van der Waals surface area (Å²) in [5, 5.41) is 12.4. The van der Waals surface area contributed by atoms with Crippen molar-refractivity contribution in [2.24, 2.45) is 0 Å². The molecule has 0 aromatic heterocycles. The van der Waals surface area contributed by atoms with E-state index in [0.717, 1.165) is 22.3 Å². The molecule has 3 rings (SSSR count). The number of carboxylic acid groups (broad SMARTS) is 1. The van der Waals surface area contributed by atoms with E-state index in [2.05, 4.69) is 5.32 Å². The average Bonchev–Trinajstić information content (AvgIpc) is 2.69. The maximum Gasteiger partial charge on any atom is 0.326 e. The number of carboxylic acids is 1. The molecule has 0 saturated heterocycles. The minimum absolute atomic E-state index is 0.235. The highest BCUT2D eigenvalue weighted by atomic mass is 16.4. The fourth-order valence-electron chi connectivity index (χ4n) is 3.32. The lowest BCUT2D eigenvalue weighted by molar-refractivity contribution is -0.141. The van der Waals surface area contributed by atoms with Crippen molar-refractivity contribution in [2.45, 2.75) is 25.3 Å². The lowest BCUT2D eigenvalue weighted by Crippen LogP contribution is -2.44. The van der Waals surface area contributed by atoms with E-state index in [1.807, 2.05) is 91.9 Å². The Balaban J connectivity index is 1.86. The lowest BCUT2D eigenvalue weighted by Gasteiger charge is -2.21. The van der Waals surface area contributed by atoms with Gasteiger partial charge in [-0.3, -0.25) is 4.79 Å². The van der Waals surface area contributed by atoms with Gasteiger partial charge in [0.15, 0.2) is 0 Å². The van der Waals surface area contributed by atoms with Crippen LogP contribution in [0, 0.1) is 6.92 Å². The molecule has 0 aliphatic heterocycles. The van der Waals surface area contributed by atoms with Gasteiger partial charge in [-0.1, -0.05) is 90.5 Å². The summed E-state index contributed by atoms with van der Waals surface area (Å²) in [4.78, 5) is 24.9. The van der Waals surface area contributed by atoms with Crippen LogP contribution >= 0.6 is 0 Å². The topological polar surface area (TPSA) is 66.4 Å². The second-order valence-electron chi connectivity index (χ2n) is 6.85. The van der Waals surface area contributed by atoms with Gasteiger partial charge in [0.25, 0.3) is 0 Å². The summed E-state index contributed by atoms with van der Waals surface area (Å²) in [6, 6.07) is 25.5. The van der Waals surface area contributed by atoms with Crippen molar-refractivity contribution in [1.29, 1.82) is 0 Å². The second kappa shape index (κ2) is 9.00. The normalized spacial score (nSPS) is 11.8. The third-order valence-electron chi connectivity index (χ3n) is 4.66. The molecular weight excluding hydrogens is 350 g/mol. The minimum atomic E-state index is -1.05. The van der Waals surface area contributed by atoms with Crippen molar-refractivity contribution in [1.82, 2.24) is 5.32 Å². The molecule has 28 heavy (non-hydrogen) atoms. The Bertz CT molecular complexity index is 899. The Morgan fingerprint density at radius 3 is 1.93 bits per heavy atom. The molecule has 0 aliphatic carbocycles. The quantitative estimate of drug-likeness (QED) is 0.659. The molecular formula is C24H23NO3. The predicted molar refractivity (Wildman–Crippen MR) is 109 cm³/mol. The number of aryl methyl sites for hydroxylation is 1. The third-order valence-corrected chi connectivity index (χ3v) is 4.66. The minimum Gasteiger partial charge on any atom is -0.480 e. The van der Waals surface area contributed by atoms with Crippen LogP contribution < -0.4 is 5.32 Å². The highest BCUT2D eigenvalue weighted by Gasteiger charge is 2.27. The van der Waals surface area contributed by atoms with Crippen LogP contribution in [0.15, 0.2) is 84.9 Å². The van der Waals surface area contributed by atoms with E-state index < -0.39 is 17.9 Å². The number of hydrogen-bond acceptors (Lipinski definition) is 2. The molecule has 0 heterocycles. The first-order valence-electron chi connectivity index (χ1n) is 9.23. The molecule has 0 saturated carbocycles. The van der Waals surface area contributed by atoms with Gasteiger partial charge in [-0.15, -0.1) is 0 Å². The summed E-state index contributed by atoms with van der Waals surface area (Å²) in [7, 11) is 0. The Labute approximate surface area is 164 Å². The van der Waals surface area contributed by atoms with E-state index in [9.17, 15) is 14.7 Å². The number of aliphatic carboxylic acids is 1. The molecule has 0 fully saturated rings. The summed E-state index contributed by atoms with van der Waals surface area (Å²) >= 11 is 0. The first-order chi connectivity index (χ1) is 13.5. The van der Waals surface area contributed by atoms with Gasteiger partial charge in [0.05, 0.1) is 5.92 Å². The summed E-state index contributed by atoms with van der Waals surface area (Å²) in [5.74, 6) is -1.94. The van der Waals surface area contributed by atoms with E-state index >= 15 is 0 Å². The maximum absolute atomic E-state index is 13.1. The van der Waals surface area contributed by atoms with Gasteiger partial charge in [-0.25, -0.2) is 4.79 Å². The van der Waals surface area contributed by atoms with E-state index in [1.165, 1.54) is 0 Å². The standard InChI is InChI=1S/C24H23NO3/c1-17-9-8-10-18(15-17)16-21(24(27)28)25-23(26)22(19-11-4-2-5-12-19)20-13-6-3-7-14-20/h2-15,21-22H,16H2,1H3,(H,25,26)(H,27,28)/t21-/m1/s1. The van der Waals surface area contributed by atoms with Crippen LogP contribution in [0.4, 0.5) is 0 Å². The van der Waals surface area contributed by atoms with Gasteiger partial charge in [-0.05, 0) is 23.6 Å². The molecule has 0 aliphatic rings. The number of nitrogens with one attached hydrogen (secondary N) is 1. The van der Waals surface area contributed by atoms with Gasteiger partial charge >= 0.3 is 5.97 Å². The van der Waals surface area contributed by atoms with E-state index in [0.29, 0.717) is 0 Å². The van der Waals surface area contributed by atoms with Crippen molar-refractivity contribution in [3.63, 3.8) is 0 Å². The number of amides is 1. The fourth-order valence-corrected chi connectivity index (χ4v) is 3.32. The fraction of sp³-hybridized carbons (Fsp3) is 0.167. The molecule has 4 heteroatoms. The molecule has 4 nitrogen and oxygen atoms in total. The van der Waals surface area contributed by atoms with Crippen LogP contribution in [0.5, 0.6) is 0 Å².